The molecule has 17 heavy (non-hydrogen) atoms. The Hall–Kier alpha value is -1.54. The Bertz CT molecular complexity index is 537. The molecule has 1 nitrogen and oxygen atoms in total. The molecule has 0 N–H and O–H groups in total. The minimum Gasteiger partial charge on any atom is -0.287 e. The van der Waals surface area contributed by atoms with Crippen LogP contribution in [0.15, 0.2) is 58.4 Å². The van der Waals surface area contributed by atoms with Crippen LogP contribution in [-0.2, 0) is 5.75 Å². The van der Waals surface area contributed by atoms with Crippen LogP contribution in [0, 0.1) is 0 Å². The van der Waals surface area contributed by atoms with E-state index in [4.69, 9.17) is 0 Å². The fourth-order valence-corrected chi connectivity index (χ4v) is 3.26. The Morgan fingerprint density at radius 2 is 1.65 bits per heavy atom. The summed E-state index contributed by atoms with van der Waals surface area (Å²) in [7, 11) is 1.87. The molecule has 0 spiro atoms. The van der Waals surface area contributed by atoms with Gasteiger partial charge in [-0.05, 0) is 11.6 Å². The lowest BCUT2D eigenvalue weighted by molar-refractivity contribution is 1.36. The van der Waals surface area contributed by atoms with Crippen LogP contribution in [0.1, 0.15) is 16.7 Å². The van der Waals surface area contributed by atoms with Crippen LogP contribution in [0.5, 0.6) is 0 Å². The number of hydrogen-bond acceptors (Lipinski definition) is 2. The van der Waals surface area contributed by atoms with Gasteiger partial charge in [0.1, 0.15) is 0 Å². The van der Waals surface area contributed by atoms with Crippen LogP contribution in [0.4, 0.5) is 0 Å². The summed E-state index contributed by atoms with van der Waals surface area (Å²) >= 11 is 1.89. The lowest BCUT2D eigenvalue weighted by Gasteiger charge is -2.08. The second kappa shape index (κ2) is 4.38. The lowest BCUT2D eigenvalue weighted by atomic mass is 9.98. The van der Waals surface area contributed by atoms with E-state index >= 15 is 0 Å². The van der Waals surface area contributed by atoms with Crippen LogP contribution >= 0.6 is 11.8 Å². The number of hydrogen-bond donors (Lipinski definition) is 0. The Kier molecular flexibility index (Phi) is 2.73. The summed E-state index contributed by atoms with van der Waals surface area (Å²) in [5, 5.41) is 0. The van der Waals surface area contributed by atoms with Gasteiger partial charge in [0, 0.05) is 28.8 Å². The smallest absolute Gasteiger partial charge is 0.0729 e. The highest BCUT2D eigenvalue weighted by atomic mass is 32.2. The lowest BCUT2D eigenvalue weighted by Crippen LogP contribution is -2.05. The van der Waals surface area contributed by atoms with E-state index in [1.54, 1.807) is 0 Å². The molecule has 0 amide bonds. The SMILES string of the molecule is CN=C1c2ccccc2CSc2ccccc21. The van der Waals surface area contributed by atoms with E-state index in [-0.39, 0.29) is 0 Å². The van der Waals surface area contributed by atoms with Crippen LogP contribution in [0.3, 0.4) is 0 Å². The van der Waals surface area contributed by atoms with Gasteiger partial charge < -0.3 is 0 Å². The highest BCUT2D eigenvalue weighted by Gasteiger charge is 2.18. The number of nitrogens with zero attached hydrogens (tertiary/aromatic N) is 1. The first-order valence-corrected chi connectivity index (χ1v) is 6.66. The molecule has 1 heterocycles. The minimum atomic E-state index is 1.02. The largest absolute Gasteiger partial charge is 0.287 e. The first-order valence-electron chi connectivity index (χ1n) is 5.67. The highest BCUT2D eigenvalue weighted by molar-refractivity contribution is 7.98. The van der Waals surface area contributed by atoms with E-state index in [1.807, 2.05) is 18.8 Å². The number of thioether (sulfide) groups is 1. The standard InChI is InChI=1S/C15H13NS/c1-16-15-12-7-3-2-6-11(12)10-17-14-9-5-4-8-13(14)15/h2-9H,10H2,1H3. The molecular weight excluding hydrogens is 226 g/mol. The molecule has 2 aromatic rings. The molecule has 84 valence electrons. The van der Waals surface area contributed by atoms with Crippen molar-refractivity contribution in [3.05, 3.63) is 65.2 Å². The second-order valence-electron chi connectivity index (χ2n) is 4.01. The molecule has 2 aromatic carbocycles. The summed E-state index contributed by atoms with van der Waals surface area (Å²) in [5.74, 6) is 1.02. The monoisotopic (exact) mass is 239 g/mol. The van der Waals surface area contributed by atoms with Crippen molar-refractivity contribution in [3.63, 3.8) is 0 Å². The first-order chi connectivity index (χ1) is 8.40. The summed E-state index contributed by atoms with van der Waals surface area (Å²) in [6, 6.07) is 17.1. The molecule has 0 fully saturated rings. The molecule has 1 aliphatic heterocycles. The maximum atomic E-state index is 4.49. The molecule has 0 bridgehead atoms. The average Bonchev–Trinajstić information content (AvgIpc) is 2.55. The maximum Gasteiger partial charge on any atom is 0.0729 e. The zero-order valence-electron chi connectivity index (χ0n) is 9.68. The first kappa shape index (κ1) is 10.6. The zero-order valence-corrected chi connectivity index (χ0v) is 10.5. The molecule has 3 rings (SSSR count). The van der Waals surface area contributed by atoms with E-state index in [1.165, 1.54) is 21.6 Å². The van der Waals surface area contributed by atoms with E-state index < -0.39 is 0 Å². The van der Waals surface area contributed by atoms with Crippen molar-refractivity contribution in [2.24, 2.45) is 4.99 Å². The molecule has 0 atom stereocenters. The van der Waals surface area contributed by atoms with Crippen molar-refractivity contribution in [3.8, 4) is 0 Å². The Balaban J connectivity index is 2.27. The van der Waals surface area contributed by atoms with Gasteiger partial charge in [-0.2, -0.15) is 0 Å². The van der Waals surface area contributed by atoms with Gasteiger partial charge in [0.2, 0.25) is 0 Å². The van der Waals surface area contributed by atoms with Gasteiger partial charge >= 0.3 is 0 Å². The van der Waals surface area contributed by atoms with Crippen LogP contribution in [-0.4, -0.2) is 12.8 Å². The molecule has 1 aliphatic rings. The summed E-state index contributed by atoms with van der Waals surface area (Å²) in [5.41, 5.74) is 5.01. The Labute approximate surface area is 106 Å². The fraction of sp³-hybridized carbons (Fsp3) is 0.133. The molecular formula is C15H13NS. The van der Waals surface area contributed by atoms with Crippen molar-refractivity contribution in [1.29, 1.82) is 0 Å². The van der Waals surface area contributed by atoms with Gasteiger partial charge in [-0.25, -0.2) is 0 Å². The van der Waals surface area contributed by atoms with Gasteiger partial charge in [0.25, 0.3) is 0 Å². The number of fused-ring (bicyclic) bond motifs is 2. The van der Waals surface area contributed by atoms with Gasteiger partial charge in [0.05, 0.1) is 5.71 Å². The second-order valence-corrected chi connectivity index (χ2v) is 5.03. The fourth-order valence-electron chi connectivity index (χ4n) is 2.21. The number of rotatable bonds is 0. The normalized spacial score (nSPS) is 16.2. The van der Waals surface area contributed by atoms with Crippen molar-refractivity contribution in [2.45, 2.75) is 10.6 Å². The van der Waals surface area contributed by atoms with Crippen molar-refractivity contribution in [2.75, 3.05) is 7.05 Å². The Morgan fingerprint density at radius 3 is 2.47 bits per heavy atom. The number of benzene rings is 2. The topological polar surface area (TPSA) is 12.4 Å². The molecule has 0 saturated carbocycles. The van der Waals surface area contributed by atoms with Crippen LogP contribution in [0.25, 0.3) is 0 Å². The quantitative estimate of drug-likeness (QED) is 0.682. The van der Waals surface area contributed by atoms with Gasteiger partial charge in [-0.15, -0.1) is 11.8 Å². The van der Waals surface area contributed by atoms with Crippen molar-refractivity contribution in [1.82, 2.24) is 0 Å². The third-order valence-electron chi connectivity index (χ3n) is 3.02. The third-order valence-corrected chi connectivity index (χ3v) is 4.14. The number of aliphatic imine (C=N–C) groups is 1. The van der Waals surface area contributed by atoms with Gasteiger partial charge in [0.15, 0.2) is 0 Å². The van der Waals surface area contributed by atoms with E-state index in [2.05, 4.69) is 53.5 Å². The summed E-state index contributed by atoms with van der Waals surface area (Å²) in [6.07, 6.45) is 0. The van der Waals surface area contributed by atoms with Crippen LogP contribution in [0.2, 0.25) is 0 Å². The van der Waals surface area contributed by atoms with Gasteiger partial charge in [-0.3, -0.25) is 4.99 Å². The van der Waals surface area contributed by atoms with Gasteiger partial charge in [-0.1, -0.05) is 42.5 Å². The maximum absolute atomic E-state index is 4.49. The molecule has 0 unspecified atom stereocenters. The summed E-state index contributed by atoms with van der Waals surface area (Å²) in [6.45, 7) is 0. The average molecular weight is 239 g/mol. The molecule has 0 aliphatic carbocycles. The van der Waals surface area contributed by atoms with Crippen LogP contribution < -0.4 is 0 Å². The van der Waals surface area contributed by atoms with Crippen molar-refractivity contribution < 1.29 is 0 Å². The predicted octanol–water partition coefficient (Wildman–Crippen LogP) is 3.76. The van der Waals surface area contributed by atoms with E-state index in [0.717, 1.165) is 11.5 Å². The van der Waals surface area contributed by atoms with E-state index in [0.29, 0.717) is 0 Å². The summed E-state index contributed by atoms with van der Waals surface area (Å²) in [4.78, 5) is 5.82. The van der Waals surface area contributed by atoms with E-state index in [9.17, 15) is 0 Å². The predicted molar refractivity (Wildman–Crippen MR) is 74.0 cm³/mol. The third kappa shape index (κ3) is 1.79. The molecule has 0 radical (unpaired) electrons. The highest BCUT2D eigenvalue weighted by Crippen LogP contribution is 2.33. The molecule has 0 saturated heterocycles. The summed E-state index contributed by atoms with van der Waals surface area (Å²) < 4.78 is 0. The van der Waals surface area contributed by atoms with Crippen molar-refractivity contribution >= 4 is 17.5 Å². The molecule has 2 heteroatoms. The minimum absolute atomic E-state index is 1.02. The Morgan fingerprint density at radius 1 is 0.941 bits per heavy atom. The molecule has 0 aromatic heterocycles. The zero-order chi connectivity index (χ0) is 11.7.